The van der Waals surface area contributed by atoms with Crippen LogP contribution in [0.25, 0.3) is 233 Å². The van der Waals surface area contributed by atoms with Gasteiger partial charge in [0.2, 0.25) is 0 Å². The van der Waals surface area contributed by atoms with Gasteiger partial charge in [-0.2, -0.15) is 0 Å². The van der Waals surface area contributed by atoms with Gasteiger partial charge in [-0.05, 0) is 214 Å². The van der Waals surface area contributed by atoms with Crippen molar-refractivity contribution in [2.75, 3.05) is 0 Å². The molecule has 0 atom stereocenters. The Hall–Kier alpha value is -19.0. The van der Waals surface area contributed by atoms with E-state index in [1.54, 1.807) is 6.20 Å². The number of benzene rings is 18. The minimum atomic E-state index is 0.743. The van der Waals surface area contributed by atoms with Gasteiger partial charge in [-0.25, -0.2) is 39.9 Å². The highest BCUT2D eigenvalue weighted by atomic mass is 14.9. The average Bonchev–Trinajstić information content (AvgIpc) is 0.789. The summed E-state index contributed by atoms with van der Waals surface area (Å²) in [5.41, 5.74) is 34.7. The third-order valence-corrected chi connectivity index (χ3v) is 26.2. The number of aryl methyl sites for hydroxylation is 4. The summed E-state index contributed by atoms with van der Waals surface area (Å²) in [6.45, 7) is 7.87. The van der Waals surface area contributed by atoms with E-state index in [-0.39, 0.29) is 0 Å². The van der Waals surface area contributed by atoms with Gasteiger partial charge in [-0.1, -0.05) is 419 Å². The number of hydrogen-bond acceptors (Lipinski definition) is 11. The van der Waals surface area contributed by atoms with Crippen LogP contribution < -0.4 is 0 Å². The Balaban J connectivity index is 0.000000110. The lowest BCUT2D eigenvalue weighted by Gasteiger charge is -2.10. The van der Waals surface area contributed by atoms with Crippen LogP contribution in [0.1, 0.15) is 23.2 Å². The Morgan fingerprint density at radius 3 is 0.688 bits per heavy atom. The van der Waals surface area contributed by atoms with Crippen molar-refractivity contribution in [2.24, 2.45) is 0 Å². The van der Waals surface area contributed by atoms with Gasteiger partial charge >= 0.3 is 0 Å². The molecule has 0 aliphatic heterocycles. The lowest BCUT2D eigenvalue weighted by Crippen LogP contribution is -1.95. The van der Waals surface area contributed by atoms with E-state index in [1.807, 2.05) is 88.9 Å². The molecule has 144 heavy (non-hydrogen) atoms. The van der Waals surface area contributed by atoms with Crippen molar-refractivity contribution >= 4 is 53.9 Å². The van der Waals surface area contributed by atoms with E-state index in [0.717, 1.165) is 147 Å². The standard InChI is InChI=1S/C37H26N2.3C32H23N3/c1-25-24-36(30-20-16-28(17-21-30)34-14-6-10-26-8-2-4-12-32(26)34)39-37(38-25)31-22-18-29(19-23-31)35-15-7-11-27-9-3-5-13-33(27)35;1-22-34-31(26-15-11-23(12-16-26)28-8-5-19-33-21-28)20-32(35-22)27-17-13-25(14-18-27)30-10-4-7-24-6-2-3-9-29(24)30;1-22-34-31(21-32(35-22)27-18-16-25(17-19-27)30-11-4-5-20-33-30)26-14-12-24(13-15-26)29-10-6-8-23-7-2-3-9-28(23)29;1-22-34-31(27-13-9-23(10-14-27)24-17-19-33-20-18-24)21-32(35-22)28-15-11-26(12-16-28)30-8-4-6-25-5-2-3-7-29(25)30/h2-24H,1H3;3*2-21H,1H3. The SMILES string of the molecule is Cc1cc(-c2ccc(-c3cccc4ccccc34)cc2)nc(-c2ccc(-c3cccc4ccccc34)cc2)n1.Cc1nc(-c2ccc(-c3ccccn3)cc2)cc(-c2ccc(-c3cccc4ccccc34)cc2)n1.Cc1nc(-c2ccc(-c3cccnc3)cc2)cc(-c2ccc(-c3cccc4ccccc34)cc2)n1.Cc1nc(-c2ccc(-c3ccncc3)cc2)cc(-c2ccc(-c3cccc4ccccc34)cc2)n1. The molecule has 0 amide bonds. The fourth-order valence-corrected chi connectivity index (χ4v) is 19.0. The van der Waals surface area contributed by atoms with E-state index in [2.05, 4.69) is 452 Å². The van der Waals surface area contributed by atoms with Gasteiger partial charge in [0.1, 0.15) is 17.5 Å². The van der Waals surface area contributed by atoms with E-state index < -0.39 is 0 Å². The van der Waals surface area contributed by atoms with Gasteiger partial charge in [-0.15, -0.1) is 0 Å². The van der Waals surface area contributed by atoms with Crippen LogP contribution in [0.4, 0.5) is 0 Å². The molecule has 0 fully saturated rings. The van der Waals surface area contributed by atoms with E-state index in [9.17, 15) is 0 Å². The molecule has 7 heterocycles. The second kappa shape index (κ2) is 41.4. The summed E-state index contributed by atoms with van der Waals surface area (Å²) in [6.07, 6.45) is 9.11. The smallest absolute Gasteiger partial charge is 0.160 e. The van der Waals surface area contributed by atoms with Gasteiger partial charge in [-0.3, -0.25) is 15.0 Å². The number of fused-ring (bicyclic) bond motifs is 5. The maximum absolute atomic E-state index is 4.97. The molecule has 682 valence electrons. The predicted molar refractivity (Wildman–Crippen MR) is 595 cm³/mol. The quantitative estimate of drug-likeness (QED) is 0.0912. The third kappa shape index (κ3) is 20.1. The fraction of sp³-hybridized carbons (Fsp3) is 0.0301. The van der Waals surface area contributed by atoms with E-state index in [4.69, 9.17) is 39.9 Å². The summed E-state index contributed by atoms with van der Waals surface area (Å²) in [4.78, 5) is 50.8. The fourth-order valence-electron chi connectivity index (χ4n) is 19.0. The molecular weight excluding hydrogens is 1750 g/mol. The molecule has 11 nitrogen and oxygen atoms in total. The number of hydrogen-bond donors (Lipinski definition) is 0. The van der Waals surface area contributed by atoms with Gasteiger partial charge < -0.3 is 0 Å². The second-order valence-electron chi connectivity index (χ2n) is 35.7. The minimum absolute atomic E-state index is 0.743. The van der Waals surface area contributed by atoms with Crippen LogP contribution in [0.15, 0.2) is 504 Å². The summed E-state index contributed by atoms with van der Waals surface area (Å²) in [7, 11) is 0. The number of pyridine rings is 3. The first-order valence-electron chi connectivity index (χ1n) is 48.4. The van der Waals surface area contributed by atoms with Crippen LogP contribution in [0.5, 0.6) is 0 Å². The zero-order valence-corrected chi connectivity index (χ0v) is 79.8. The van der Waals surface area contributed by atoms with Crippen molar-refractivity contribution in [3.63, 3.8) is 0 Å². The number of rotatable bonds is 16. The first-order valence-corrected chi connectivity index (χ1v) is 48.4. The van der Waals surface area contributed by atoms with Crippen LogP contribution in [0, 0.1) is 27.7 Å². The van der Waals surface area contributed by atoms with Crippen LogP contribution in [0.2, 0.25) is 0 Å². The summed E-state index contributed by atoms with van der Waals surface area (Å²) in [5, 5.41) is 12.6. The Bertz CT molecular complexity index is 8140. The molecule has 0 N–H and O–H groups in total. The van der Waals surface area contributed by atoms with Crippen LogP contribution in [0.3, 0.4) is 0 Å². The highest BCUT2D eigenvalue weighted by Crippen LogP contribution is 2.40. The largest absolute Gasteiger partial charge is 0.265 e. The van der Waals surface area contributed by atoms with Crippen molar-refractivity contribution in [3.8, 4) is 179 Å². The van der Waals surface area contributed by atoms with Crippen molar-refractivity contribution in [2.45, 2.75) is 27.7 Å². The molecule has 0 saturated heterocycles. The number of nitrogens with zero attached hydrogens (tertiary/aromatic N) is 11. The molecule has 25 aromatic rings. The van der Waals surface area contributed by atoms with Gasteiger partial charge in [0.25, 0.3) is 0 Å². The molecule has 0 spiro atoms. The molecule has 25 rings (SSSR count). The normalized spacial score (nSPS) is 11.1. The predicted octanol–water partition coefficient (Wildman–Crippen LogP) is 33.8. The molecule has 18 aromatic carbocycles. The topological polar surface area (TPSA) is 142 Å². The highest BCUT2D eigenvalue weighted by Gasteiger charge is 2.18. The van der Waals surface area contributed by atoms with Crippen molar-refractivity contribution < 1.29 is 0 Å². The van der Waals surface area contributed by atoms with E-state index in [1.165, 1.54) is 109 Å². The van der Waals surface area contributed by atoms with E-state index >= 15 is 0 Å². The van der Waals surface area contributed by atoms with Crippen LogP contribution in [-0.2, 0) is 0 Å². The summed E-state index contributed by atoms with van der Waals surface area (Å²) >= 11 is 0. The zero-order chi connectivity index (χ0) is 97.0. The molecule has 0 bridgehead atoms. The first-order chi connectivity index (χ1) is 71.0. The summed E-state index contributed by atoms with van der Waals surface area (Å²) < 4.78 is 0. The molecule has 11 heteroatoms. The molecule has 0 unspecified atom stereocenters. The Morgan fingerprint density at radius 2 is 0.396 bits per heavy atom. The Morgan fingerprint density at radius 1 is 0.146 bits per heavy atom. The Labute approximate surface area is 837 Å². The summed E-state index contributed by atoms with van der Waals surface area (Å²) in [5.74, 6) is 3.01. The lowest BCUT2D eigenvalue weighted by atomic mass is 9.97. The Kier molecular flexibility index (Phi) is 25.9. The maximum atomic E-state index is 4.97. The second-order valence-corrected chi connectivity index (χ2v) is 35.7. The van der Waals surface area contributed by atoms with Crippen molar-refractivity contribution in [1.82, 2.24) is 54.8 Å². The molecule has 7 aromatic heterocycles. The third-order valence-electron chi connectivity index (χ3n) is 26.2. The molecule has 0 radical (unpaired) electrons. The maximum Gasteiger partial charge on any atom is 0.160 e. The van der Waals surface area contributed by atoms with Crippen molar-refractivity contribution in [1.29, 1.82) is 0 Å². The highest BCUT2D eigenvalue weighted by molar-refractivity contribution is 6.02. The van der Waals surface area contributed by atoms with Gasteiger partial charge in [0, 0.05) is 86.7 Å². The molecule has 0 aliphatic carbocycles. The van der Waals surface area contributed by atoms with Crippen LogP contribution >= 0.6 is 0 Å². The lowest BCUT2D eigenvalue weighted by molar-refractivity contribution is 1.06. The van der Waals surface area contributed by atoms with Crippen molar-refractivity contribution in [3.05, 3.63) is 527 Å². The average molecular weight is 1850 g/mol. The zero-order valence-electron chi connectivity index (χ0n) is 79.8. The molecule has 0 aliphatic rings. The molecular formula is C133H95N11. The van der Waals surface area contributed by atoms with Gasteiger partial charge in [0.15, 0.2) is 5.82 Å². The van der Waals surface area contributed by atoms with Gasteiger partial charge in [0.05, 0.1) is 45.6 Å². The van der Waals surface area contributed by atoms with Crippen LogP contribution in [-0.4, -0.2) is 54.8 Å². The minimum Gasteiger partial charge on any atom is -0.265 e. The van der Waals surface area contributed by atoms with E-state index in [0.29, 0.717) is 0 Å². The monoisotopic (exact) mass is 1850 g/mol. The first kappa shape index (κ1) is 90.2. The molecule has 0 saturated carbocycles. The number of aromatic nitrogens is 11. The summed E-state index contributed by atoms with van der Waals surface area (Å²) in [6, 6.07) is 166.